The average Bonchev–Trinajstić information content (AvgIpc) is 2.61. The molecule has 0 aromatic heterocycles. The summed E-state index contributed by atoms with van der Waals surface area (Å²) in [5.74, 6) is -4.48. The van der Waals surface area contributed by atoms with Gasteiger partial charge in [-0.05, 0) is 35.7 Å². The molecule has 0 saturated carbocycles. The van der Waals surface area contributed by atoms with E-state index in [0.717, 1.165) is 12.5 Å². The van der Waals surface area contributed by atoms with Crippen molar-refractivity contribution in [2.24, 2.45) is 0 Å². The molecule has 3 aromatic rings. The first-order chi connectivity index (χ1) is 12.0. The summed E-state index contributed by atoms with van der Waals surface area (Å²) in [7, 11) is 0. The summed E-state index contributed by atoms with van der Waals surface area (Å²) in [6, 6.07) is 6.97. The van der Waals surface area contributed by atoms with E-state index in [-0.39, 0.29) is 16.3 Å². The van der Waals surface area contributed by atoms with Crippen LogP contribution in [0.2, 0.25) is 0 Å². The minimum Gasteiger partial charge on any atom is -0.372 e. The van der Waals surface area contributed by atoms with Gasteiger partial charge in [-0.3, -0.25) is 0 Å². The third-order valence-corrected chi connectivity index (χ3v) is 5.63. The summed E-state index contributed by atoms with van der Waals surface area (Å²) >= 11 is 2.26. The van der Waals surface area contributed by atoms with E-state index in [1.54, 1.807) is 12.1 Å². The van der Waals surface area contributed by atoms with Crippen LogP contribution in [0.5, 0.6) is 0 Å². The number of fused-ring (bicyclic) bond motifs is 3. The van der Waals surface area contributed by atoms with Crippen molar-refractivity contribution in [3.8, 4) is 0 Å². The molecule has 1 fully saturated rings. The smallest absolute Gasteiger partial charge is 0.167 e. The van der Waals surface area contributed by atoms with Crippen LogP contribution in [0.3, 0.4) is 0 Å². The molecule has 0 aliphatic carbocycles. The molecule has 0 amide bonds. The quantitative estimate of drug-likeness (QED) is 0.182. The minimum atomic E-state index is -1.17. The lowest BCUT2D eigenvalue weighted by atomic mass is 9.94. The van der Waals surface area contributed by atoms with Gasteiger partial charge in [-0.1, -0.05) is 40.8 Å². The van der Waals surface area contributed by atoms with Crippen molar-refractivity contribution in [2.75, 3.05) is 6.61 Å². The Labute approximate surface area is 155 Å². The molecule has 0 N–H and O–H groups in total. The zero-order valence-corrected chi connectivity index (χ0v) is 15.1. The SMILES string of the molecule is Fc1ccc2ccc3cc(C4CCC(I)CO4)c(F)c(F)c3c2c1F. The van der Waals surface area contributed by atoms with Gasteiger partial charge in [0.25, 0.3) is 0 Å². The van der Waals surface area contributed by atoms with Crippen molar-refractivity contribution < 1.29 is 22.3 Å². The van der Waals surface area contributed by atoms with E-state index in [4.69, 9.17) is 4.74 Å². The number of alkyl halides is 1. The summed E-state index contributed by atoms with van der Waals surface area (Å²) in [4.78, 5) is 0. The summed E-state index contributed by atoms with van der Waals surface area (Å²) in [6.45, 7) is 0.474. The Hall–Kier alpha value is -1.41. The number of benzene rings is 3. The number of ether oxygens (including phenoxy) is 1. The highest BCUT2D eigenvalue weighted by Crippen LogP contribution is 2.38. The van der Waals surface area contributed by atoms with Gasteiger partial charge in [0.2, 0.25) is 0 Å². The minimum absolute atomic E-state index is 0.129. The van der Waals surface area contributed by atoms with Gasteiger partial charge in [0.05, 0.1) is 12.7 Å². The van der Waals surface area contributed by atoms with Crippen molar-refractivity contribution in [3.63, 3.8) is 0 Å². The van der Waals surface area contributed by atoms with Crippen molar-refractivity contribution in [2.45, 2.75) is 22.9 Å². The van der Waals surface area contributed by atoms with Crippen LogP contribution in [0.15, 0.2) is 30.3 Å². The first-order valence-corrected chi connectivity index (χ1v) is 9.16. The maximum absolute atomic E-state index is 14.8. The fourth-order valence-corrected chi connectivity index (χ4v) is 3.96. The summed E-state index contributed by atoms with van der Waals surface area (Å²) in [5.41, 5.74) is 0.129. The van der Waals surface area contributed by atoms with Crippen LogP contribution in [-0.2, 0) is 4.74 Å². The highest BCUT2D eigenvalue weighted by molar-refractivity contribution is 14.1. The lowest BCUT2D eigenvalue weighted by Gasteiger charge is -2.27. The Morgan fingerprint density at radius 1 is 0.840 bits per heavy atom. The molecule has 130 valence electrons. The molecule has 2 atom stereocenters. The second-order valence-corrected chi connectivity index (χ2v) is 7.98. The van der Waals surface area contributed by atoms with Crippen molar-refractivity contribution >= 4 is 44.1 Å². The first-order valence-electron chi connectivity index (χ1n) is 7.91. The predicted octanol–water partition coefficient (Wildman–Crippen LogP) is 6.20. The largest absolute Gasteiger partial charge is 0.372 e. The summed E-state index contributed by atoms with van der Waals surface area (Å²) in [6.07, 6.45) is 0.909. The second kappa shape index (κ2) is 6.39. The molecule has 3 aromatic carbocycles. The normalized spacial score (nSPS) is 21.2. The number of rotatable bonds is 1. The highest BCUT2D eigenvalue weighted by Gasteiger charge is 2.27. The number of halogens is 5. The van der Waals surface area contributed by atoms with Gasteiger partial charge in [-0.15, -0.1) is 0 Å². The maximum Gasteiger partial charge on any atom is 0.167 e. The standard InChI is InChI=1S/C19H13F4IO/c20-13-5-3-9-1-2-10-7-12(14-6-4-11(24)8-25-14)17(21)19(23)16(10)15(9)18(13)22/h1-3,5,7,11,14H,4,6,8H2. The Morgan fingerprint density at radius 3 is 2.24 bits per heavy atom. The summed E-state index contributed by atoms with van der Waals surface area (Å²) in [5, 5.41) is 0.167. The van der Waals surface area contributed by atoms with Gasteiger partial charge in [0.1, 0.15) is 0 Å². The van der Waals surface area contributed by atoms with Gasteiger partial charge >= 0.3 is 0 Å². The molecular formula is C19H13F4IO. The molecule has 0 bridgehead atoms. The molecule has 2 unspecified atom stereocenters. The van der Waals surface area contributed by atoms with E-state index in [9.17, 15) is 17.6 Å². The van der Waals surface area contributed by atoms with Gasteiger partial charge in [-0.25, -0.2) is 17.6 Å². The van der Waals surface area contributed by atoms with Crippen LogP contribution in [0.25, 0.3) is 21.5 Å². The third-order valence-electron chi connectivity index (χ3n) is 4.65. The number of hydrogen-bond acceptors (Lipinski definition) is 1. The third kappa shape index (κ3) is 2.79. The highest BCUT2D eigenvalue weighted by atomic mass is 127. The van der Waals surface area contributed by atoms with Crippen molar-refractivity contribution in [1.29, 1.82) is 0 Å². The molecule has 1 aliphatic rings. The van der Waals surface area contributed by atoms with Gasteiger partial charge < -0.3 is 4.74 Å². The van der Waals surface area contributed by atoms with Crippen LogP contribution < -0.4 is 0 Å². The second-order valence-electron chi connectivity index (χ2n) is 6.21. The zero-order valence-electron chi connectivity index (χ0n) is 13.0. The monoisotopic (exact) mass is 460 g/mol. The molecule has 25 heavy (non-hydrogen) atoms. The Kier molecular flexibility index (Phi) is 4.35. The molecule has 4 rings (SSSR count). The molecule has 1 aliphatic heterocycles. The molecule has 6 heteroatoms. The average molecular weight is 460 g/mol. The van der Waals surface area contributed by atoms with Gasteiger partial charge in [-0.2, -0.15) is 0 Å². The molecular weight excluding hydrogens is 447 g/mol. The van der Waals surface area contributed by atoms with Crippen LogP contribution in [0, 0.1) is 23.3 Å². The molecule has 1 nitrogen and oxygen atoms in total. The zero-order chi connectivity index (χ0) is 17.7. The van der Waals surface area contributed by atoms with E-state index >= 15 is 0 Å². The van der Waals surface area contributed by atoms with E-state index in [1.165, 1.54) is 12.1 Å². The Bertz CT molecular complexity index is 980. The van der Waals surface area contributed by atoms with E-state index in [1.807, 2.05) is 0 Å². The Balaban J connectivity index is 1.97. The molecule has 1 saturated heterocycles. The predicted molar refractivity (Wildman–Crippen MR) is 97.0 cm³/mol. The van der Waals surface area contributed by atoms with Crippen LogP contribution in [-0.4, -0.2) is 10.5 Å². The fourth-order valence-electron chi connectivity index (χ4n) is 3.39. The summed E-state index contributed by atoms with van der Waals surface area (Å²) < 4.78 is 63.4. The molecule has 0 spiro atoms. The molecule has 1 heterocycles. The first kappa shape index (κ1) is 17.0. The van der Waals surface area contributed by atoms with E-state index in [2.05, 4.69) is 22.6 Å². The molecule has 0 radical (unpaired) electrons. The number of hydrogen-bond donors (Lipinski definition) is 0. The lowest BCUT2D eigenvalue weighted by molar-refractivity contribution is 0.0190. The van der Waals surface area contributed by atoms with Crippen molar-refractivity contribution in [3.05, 3.63) is 59.2 Å². The van der Waals surface area contributed by atoms with Gasteiger partial charge in [0, 0.05) is 20.3 Å². The van der Waals surface area contributed by atoms with Crippen molar-refractivity contribution in [1.82, 2.24) is 0 Å². The lowest BCUT2D eigenvalue weighted by Crippen LogP contribution is -2.21. The van der Waals surface area contributed by atoms with Crippen LogP contribution in [0.1, 0.15) is 24.5 Å². The fraction of sp³-hybridized carbons (Fsp3) is 0.263. The van der Waals surface area contributed by atoms with Crippen LogP contribution in [0.4, 0.5) is 17.6 Å². The van der Waals surface area contributed by atoms with Crippen LogP contribution >= 0.6 is 22.6 Å². The topological polar surface area (TPSA) is 9.23 Å². The maximum atomic E-state index is 14.8. The van der Waals surface area contributed by atoms with E-state index < -0.39 is 29.4 Å². The Morgan fingerprint density at radius 2 is 1.52 bits per heavy atom. The van der Waals surface area contributed by atoms with E-state index in [0.29, 0.717) is 27.7 Å². The van der Waals surface area contributed by atoms with Gasteiger partial charge in [0.15, 0.2) is 23.3 Å².